The summed E-state index contributed by atoms with van der Waals surface area (Å²) in [6.45, 7) is 2.32. The van der Waals surface area contributed by atoms with Gasteiger partial charge in [0.1, 0.15) is 0 Å². The maximum atomic E-state index is 13.1. The molecular weight excluding hydrogens is 525 g/mol. The van der Waals surface area contributed by atoms with Crippen molar-refractivity contribution in [3.63, 3.8) is 0 Å². The second-order valence-electron chi connectivity index (χ2n) is 8.67. The van der Waals surface area contributed by atoms with Crippen LogP contribution < -0.4 is 10.9 Å². The minimum absolute atomic E-state index is 0.0502. The highest BCUT2D eigenvalue weighted by Crippen LogP contribution is 2.24. The number of carbonyl (C=O) groups excluding carboxylic acids is 1. The molecule has 0 atom stereocenters. The summed E-state index contributed by atoms with van der Waals surface area (Å²) in [5.41, 5.74) is 4.83. The number of halogens is 2. The van der Waals surface area contributed by atoms with Crippen LogP contribution in [-0.4, -0.2) is 22.0 Å². The predicted molar refractivity (Wildman–Crippen MR) is 152 cm³/mol. The average Bonchev–Trinajstić information content (AvgIpc) is 2.90. The van der Waals surface area contributed by atoms with Crippen LogP contribution in [0.15, 0.2) is 82.7 Å². The van der Waals surface area contributed by atoms with Gasteiger partial charge in [-0.15, -0.1) is 0 Å². The number of carbonyl (C=O) groups is 1. The molecule has 0 aliphatic heterocycles. The number of hydrogen-bond donors (Lipinski definition) is 1. The number of nitrogens with one attached hydrogen (secondary N) is 1. The number of nitrogens with zero attached hydrogens (tertiary/aromatic N) is 2. The Morgan fingerprint density at radius 2 is 1.73 bits per heavy atom. The van der Waals surface area contributed by atoms with Gasteiger partial charge in [-0.25, -0.2) is 4.98 Å². The molecule has 1 N–H and O–H groups in total. The molecule has 0 spiro atoms. The Morgan fingerprint density at radius 3 is 2.49 bits per heavy atom. The lowest BCUT2D eigenvalue weighted by Crippen LogP contribution is -2.27. The highest BCUT2D eigenvalue weighted by molar-refractivity contribution is 7.98. The molecule has 0 aliphatic rings. The average molecular weight is 553 g/mol. The first-order valence-electron chi connectivity index (χ1n) is 11.9. The molecule has 4 rings (SSSR count). The van der Waals surface area contributed by atoms with Crippen LogP contribution in [0.3, 0.4) is 0 Å². The molecule has 0 bridgehead atoms. The van der Waals surface area contributed by atoms with E-state index in [1.54, 1.807) is 29.8 Å². The lowest BCUT2D eigenvalue weighted by molar-refractivity contribution is 0.0953. The maximum absolute atomic E-state index is 13.1. The number of benzene rings is 3. The summed E-state index contributed by atoms with van der Waals surface area (Å²) in [5.74, 6) is 0.349. The minimum atomic E-state index is -0.155. The fourth-order valence-corrected chi connectivity index (χ4v) is 5.52. The fourth-order valence-electron chi connectivity index (χ4n) is 4.00. The second-order valence-corrected chi connectivity index (χ2v) is 10.5. The molecule has 5 nitrogen and oxygen atoms in total. The van der Waals surface area contributed by atoms with Gasteiger partial charge < -0.3 is 5.32 Å². The smallest absolute Gasteiger partial charge is 0.257 e. The Bertz CT molecular complexity index is 1470. The zero-order chi connectivity index (χ0) is 26.4. The van der Waals surface area contributed by atoms with Crippen LogP contribution in [0, 0.1) is 6.92 Å². The number of aryl methyl sites for hydroxylation is 1. The van der Waals surface area contributed by atoms with E-state index in [-0.39, 0.29) is 11.5 Å². The van der Waals surface area contributed by atoms with Crippen LogP contribution in [0.1, 0.15) is 38.3 Å². The number of thioether (sulfide) groups is 1. The van der Waals surface area contributed by atoms with Crippen LogP contribution in [0.5, 0.6) is 0 Å². The van der Waals surface area contributed by atoms with Crippen LogP contribution in [0.4, 0.5) is 0 Å². The molecule has 0 saturated carbocycles. The van der Waals surface area contributed by atoms with Crippen molar-refractivity contribution < 1.29 is 4.79 Å². The lowest BCUT2D eigenvalue weighted by Gasteiger charge is -2.14. The van der Waals surface area contributed by atoms with Gasteiger partial charge in [0.15, 0.2) is 5.16 Å². The number of hydrogen-bond acceptors (Lipinski definition) is 4. The van der Waals surface area contributed by atoms with Crippen LogP contribution >= 0.6 is 35.0 Å². The molecule has 1 amide bonds. The van der Waals surface area contributed by atoms with E-state index in [2.05, 4.69) is 5.32 Å². The third kappa shape index (κ3) is 6.83. The van der Waals surface area contributed by atoms with Gasteiger partial charge in [0.05, 0.1) is 0 Å². The van der Waals surface area contributed by atoms with Gasteiger partial charge in [-0.1, -0.05) is 89.6 Å². The van der Waals surface area contributed by atoms with Crippen molar-refractivity contribution in [2.45, 2.75) is 30.7 Å². The highest BCUT2D eigenvalue weighted by atomic mass is 35.5. The Labute approximate surface area is 230 Å². The summed E-state index contributed by atoms with van der Waals surface area (Å²) in [7, 11) is 1.74. The van der Waals surface area contributed by atoms with Gasteiger partial charge in [0.25, 0.3) is 11.5 Å². The summed E-state index contributed by atoms with van der Waals surface area (Å²) in [4.78, 5) is 30.8. The minimum Gasteiger partial charge on any atom is -0.352 e. The first-order chi connectivity index (χ1) is 17.8. The molecule has 1 aromatic heterocycles. The summed E-state index contributed by atoms with van der Waals surface area (Å²) in [6.07, 6.45) is 1.14. The molecule has 0 fully saturated rings. The molecule has 0 radical (unpaired) electrons. The van der Waals surface area contributed by atoms with Crippen LogP contribution in [0.25, 0.3) is 0 Å². The van der Waals surface area contributed by atoms with Crippen LogP contribution in [0.2, 0.25) is 10.0 Å². The van der Waals surface area contributed by atoms with Crippen molar-refractivity contribution in [1.29, 1.82) is 0 Å². The molecule has 190 valence electrons. The summed E-state index contributed by atoms with van der Waals surface area (Å²) >= 11 is 13.6. The summed E-state index contributed by atoms with van der Waals surface area (Å²) in [6, 6.07) is 22.7. The normalized spacial score (nSPS) is 10.9. The fraction of sp³-hybridized carbons (Fsp3) is 0.207. The zero-order valence-corrected chi connectivity index (χ0v) is 23.0. The predicted octanol–water partition coefficient (Wildman–Crippen LogP) is 6.25. The van der Waals surface area contributed by atoms with Crippen molar-refractivity contribution in [2.75, 3.05) is 6.54 Å². The van der Waals surface area contributed by atoms with Crippen LogP contribution in [-0.2, 0) is 25.6 Å². The first kappa shape index (κ1) is 27.0. The third-order valence-electron chi connectivity index (χ3n) is 6.09. The first-order valence-corrected chi connectivity index (χ1v) is 13.6. The SMILES string of the molecule is Cc1nc(SCc2ccccc2C(=O)NCCc2ccc(Cl)cc2Cl)n(C)c(=O)c1Cc1ccccc1. The molecule has 1 heterocycles. The molecule has 0 saturated heterocycles. The molecule has 0 aliphatic carbocycles. The molecule has 3 aromatic carbocycles. The molecule has 8 heteroatoms. The Hall–Kier alpha value is -3.06. The van der Waals surface area contributed by atoms with Gasteiger partial charge in [-0.3, -0.25) is 14.2 Å². The molecule has 0 unspecified atom stereocenters. The van der Waals surface area contributed by atoms with E-state index in [9.17, 15) is 9.59 Å². The topological polar surface area (TPSA) is 64.0 Å². The van der Waals surface area contributed by atoms with E-state index >= 15 is 0 Å². The van der Waals surface area contributed by atoms with Gasteiger partial charge in [0.2, 0.25) is 0 Å². The molecular formula is C29H27Cl2N3O2S. The highest BCUT2D eigenvalue weighted by Gasteiger charge is 2.15. The van der Waals surface area contributed by atoms with Crippen molar-refractivity contribution in [1.82, 2.24) is 14.9 Å². The van der Waals surface area contributed by atoms with E-state index in [4.69, 9.17) is 28.2 Å². The lowest BCUT2D eigenvalue weighted by atomic mass is 10.1. The summed E-state index contributed by atoms with van der Waals surface area (Å²) in [5, 5.41) is 4.76. The quantitative estimate of drug-likeness (QED) is 0.197. The standard InChI is InChI=1S/C29H27Cl2N3O2S/c1-19-25(16-20-8-4-3-5-9-20)28(36)34(2)29(33-19)37-18-22-10-6-7-11-24(22)27(35)32-15-14-21-12-13-23(30)17-26(21)31/h3-13,17H,14-16,18H2,1-2H3,(H,32,35). The van der Waals surface area contributed by atoms with E-state index in [1.165, 1.54) is 11.8 Å². The van der Waals surface area contributed by atoms with Crippen molar-refractivity contribution in [3.05, 3.63) is 127 Å². The van der Waals surface area contributed by atoms with Crippen molar-refractivity contribution in [2.24, 2.45) is 7.05 Å². The number of amides is 1. The Balaban J connectivity index is 1.43. The van der Waals surface area contributed by atoms with Crippen molar-refractivity contribution >= 4 is 40.9 Å². The van der Waals surface area contributed by atoms with Gasteiger partial charge in [-0.2, -0.15) is 0 Å². The van der Waals surface area contributed by atoms with E-state index in [1.807, 2.05) is 61.5 Å². The van der Waals surface area contributed by atoms with Crippen molar-refractivity contribution in [3.8, 4) is 0 Å². The van der Waals surface area contributed by atoms with Gasteiger partial charge in [-0.05, 0) is 48.2 Å². The third-order valence-corrected chi connectivity index (χ3v) is 7.75. The monoisotopic (exact) mass is 551 g/mol. The second kappa shape index (κ2) is 12.5. The Morgan fingerprint density at radius 1 is 1.00 bits per heavy atom. The largest absolute Gasteiger partial charge is 0.352 e. The van der Waals surface area contributed by atoms with E-state index < -0.39 is 0 Å². The summed E-state index contributed by atoms with van der Waals surface area (Å²) < 4.78 is 1.59. The molecule has 37 heavy (non-hydrogen) atoms. The van der Waals surface area contributed by atoms with E-state index in [0.717, 1.165) is 22.4 Å². The number of rotatable bonds is 9. The van der Waals surface area contributed by atoms with Gasteiger partial charge >= 0.3 is 0 Å². The Kier molecular flexibility index (Phi) is 9.09. The van der Waals surface area contributed by atoms with Gasteiger partial charge in [0, 0.05) is 52.6 Å². The van der Waals surface area contributed by atoms with E-state index in [0.29, 0.717) is 51.5 Å². The number of aromatic nitrogens is 2. The zero-order valence-electron chi connectivity index (χ0n) is 20.6. The molecule has 4 aromatic rings. The maximum Gasteiger partial charge on any atom is 0.257 e.